The van der Waals surface area contributed by atoms with Gasteiger partial charge in [0.15, 0.2) is 6.61 Å². The van der Waals surface area contributed by atoms with Gasteiger partial charge in [0.05, 0.1) is 11.3 Å². The largest absolute Gasteiger partial charge is 0.483 e. The summed E-state index contributed by atoms with van der Waals surface area (Å²) in [5.74, 6) is 0.114. The second-order valence-corrected chi connectivity index (χ2v) is 7.47. The molecule has 0 saturated carbocycles. The van der Waals surface area contributed by atoms with Crippen LogP contribution in [0.3, 0.4) is 0 Å². The smallest absolute Gasteiger partial charge is 0.418 e. The Bertz CT molecular complexity index is 804. The van der Waals surface area contributed by atoms with Crippen LogP contribution in [0.1, 0.15) is 36.5 Å². The van der Waals surface area contributed by atoms with E-state index in [1.54, 1.807) is 22.6 Å². The average molecular weight is 477 g/mol. The van der Waals surface area contributed by atoms with Crippen molar-refractivity contribution in [3.8, 4) is 5.75 Å². The first-order valence-electron chi connectivity index (χ1n) is 7.98. The predicted molar refractivity (Wildman–Crippen MR) is 104 cm³/mol. The standard InChI is InChI=1S/C19H19F3INO2/c1-11(2)14-6-4-12(3)8-17(14)26-10-18(25)24-16-7-5-13(23)9-15(16)19(20,21)22/h4-9,11H,10H2,1-3H3,(H,24,25). The summed E-state index contributed by atoms with van der Waals surface area (Å²) in [7, 11) is 0. The van der Waals surface area contributed by atoms with Crippen molar-refractivity contribution in [2.45, 2.75) is 32.9 Å². The molecule has 3 nitrogen and oxygen atoms in total. The van der Waals surface area contributed by atoms with E-state index in [9.17, 15) is 18.0 Å². The number of benzene rings is 2. The number of hydrogen-bond donors (Lipinski definition) is 1. The molecule has 0 atom stereocenters. The quantitative estimate of drug-likeness (QED) is 0.557. The van der Waals surface area contributed by atoms with Crippen molar-refractivity contribution in [2.24, 2.45) is 0 Å². The van der Waals surface area contributed by atoms with E-state index in [1.807, 2.05) is 39.0 Å². The Morgan fingerprint density at radius 3 is 2.50 bits per heavy atom. The number of rotatable bonds is 5. The zero-order valence-electron chi connectivity index (χ0n) is 14.6. The SMILES string of the molecule is Cc1ccc(C(C)C)c(OCC(=O)Nc2ccc(I)cc2C(F)(F)F)c1. The van der Waals surface area contributed by atoms with Crippen LogP contribution in [0.5, 0.6) is 5.75 Å². The Hall–Kier alpha value is -1.77. The maximum absolute atomic E-state index is 13.1. The van der Waals surface area contributed by atoms with Crippen molar-refractivity contribution in [2.75, 3.05) is 11.9 Å². The first-order valence-corrected chi connectivity index (χ1v) is 9.05. The van der Waals surface area contributed by atoms with Gasteiger partial charge in [0.25, 0.3) is 5.91 Å². The van der Waals surface area contributed by atoms with Crippen LogP contribution in [0.4, 0.5) is 18.9 Å². The van der Waals surface area contributed by atoms with Crippen molar-refractivity contribution < 1.29 is 22.7 Å². The van der Waals surface area contributed by atoms with Crippen LogP contribution >= 0.6 is 22.6 Å². The Morgan fingerprint density at radius 2 is 1.88 bits per heavy atom. The maximum atomic E-state index is 13.1. The highest BCUT2D eigenvalue weighted by Crippen LogP contribution is 2.36. The fourth-order valence-electron chi connectivity index (χ4n) is 2.43. The van der Waals surface area contributed by atoms with E-state index in [0.29, 0.717) is 9.32 Å². The van der Waals surface area contributed by atoms with Gasteiger partial charge in [-0.05, 0) is 70.8 Å². The Labute approximate surface area is 164 Å². The summed E-state index contributed by atoms with van der Waals surface area (Å²) in [5, 5.41) is 2.29. The molecule has 1 N–H and O–H groups in total. The molecule has 0 saturated heterocycles. The fourth-order valence-corrected chi connectivity index (χ4v) is 2.92. The lowest BCUT2D eigenvalue weighted by Gasteiger charge is -2.16. The third-order valence-corrected chi connectivity index (χ3v) is 4.38. The molecule has 0 fully saturated rings. The van der Waals surface area contributed by atoms with Gasteiger partial charge in [-0.2, -0.15) is 13.2 Å². The molecule has 2 aromatic carbocycles. The van der Waals surface area contributed by atoms with Gasteiger partial charge in [-0.3, -0.25) is 4.79 Å². The highest BCUT2D eigenvalue weighted by atomic mass is 127. The Morgan fingerprint density at radius 1 is 1.19 bits per heavy atom. The van der Waals surface area contributed by atoms with Crippen LogP contribution in [-0.2, 0) is 11.0 Å². The average Bonchev–Trinajstić information content (AvgIpc) is 2.53. The summed E-state index contributed by atoms with van der Waals surface area (Å²) in [6.45, 7) is 5.53. The maximum Gasteiger partial charge on any atom is 0.418 e. The van der Waals surface area contributed by atoms with Gasteiger partial charge in [0.1, 0.15) is 5.75 Å². The Kier molecular flexibility index (Phi) is 6.54. The highest BCUT2D eigenvalue weighted by Gasteiger charge is 2.34. The summed E-state index contributed by atoms with van der Waals surface area (Å²) in [5.41, 5.74) is 0.756. The monoisotopic (exact) mass is 477 g/mol. The molecule has 26 heavy (non-hydrogen) atoms. The number of anilines is 1. The van der Waals surface area contributed by atoms with Gasteiger partial charge in [-0.1, -0.05) is 26.0 Å². The molecule has 140 valence electrons. The number of nitrogens with one attached hydrogen (secondary N) is 1. The van der Waals surface area contributed by atoms with E-state index in [4.69, 9.17) is 4.74 Å². The number of alkyl halides is 3. The molecule has 0 spiro atoms. The normalized spacial score (nSPS) is 11.5. The number of carbonyl (C=O) groups excluding carboxylic acids is 1. The number of halogens is 4. The number of aryl methyl sites for hydroxylation is 1. The summed E-state index contributed by atoms with van der Waals surface area (Å²) >= 11 is 1.80. The molecule has 0 heterocycles. The Balaban J connectivity index is 2.13. The van der Waals surface area contributed by atoms with E-state index in [0.717, 1.165) is 17.2 Å². The van der Waals surface area contributed by atoms with Crippen molar-refractivity contribution in [1.82, 2.24) is 0 Å². The van der Waals surface area contributed by atoms with Crippen LogP contribution in [0.25, 0.3) is 0 Å². The van der Waals surface area contributed by atoms with Gasteiger partial charge in [0, 0.05) is 3.57 Å². The summed E-state index contributed by atoms with van der Waals surface area (Å²) in [6, 6.07) is 9.43. The second-order valence-electron chi connectivity index (χ2n) is 6.22. The van der Waals surface area contributed by atoms with Gasteiger partial charge in [0.2, 0.25) is 0 Å². The van der Waals surface area contributed by atoms with Gasteiger partial charge >= 0.3 is 6.18 Å². The van der Waals surface area contributed by atoms with E-state index in [1.165, 1.54) is 12.1 Å². The molecule has 0 bridgehead atoms. The molecule has 0 unspecified atom stereocenters. The van der Waals surface area contributed by atoms with Gasteiger partial charge in [-0.15, -0.1) is 0 Å². The lowest BCUT2D eigenvalue weighted by molar-refractivity contribution is -0.137. The number of hydrogen-bond acceptors (Lipinski definition) is 2. The molecule has 0 aliphatic heterocycles. The molecule has 0 aliphatic carbocycles. The summed E-state index contributed by atoms with van der Waals surface area (Å²) in [6.07, 6.45) is -4.55. The molecule has 7 heteroatoms. The van der Waals surface area contributed by atoms with E-state index >= 15 is 0 Å². The first kappa shape index (κ1) is 20.5. The van der Waals surface area contributed by atoms with Crippen molar-refractivity contribution in [3.05, 3.63) is 56.7 Å². The van der Waals surface area contributed by atoms with Crippen LogP contribution < -0.4 is 10.1 Å². The minimum Gasteiger partial charge on any atom is -0.483 e. The number of carbonyl (C=O) groups is 1. The van der Waals surface area contributed by atoms with E-state index in [-0.39, 0.29) is 18.2 Å². The minimum atomic E-state index is -4.55. The van der Waals surface area contributed by atoms with E-state index in [2.05, 4.69) is 5.32 Å². The summed E-state index contributed by atoms with van der Waals surface area (Å²) in [4.78, 5) is 12.1. The highest BCUT2D eigenvalue weighted by molar-refractivity contribution is 14.1. The molecule has 1 amide bonds. The molecule has 0 aliphatic rings. The van der Waals surface area contributed by atoms with Crippen LogP contribution in [0.2, 0.25) is 0 Å². The van der Waals surface area contributed by atoms with Gasteiger partial charge < -0.3 is 10.1 Å². The van der Waals surface area contributed by atoms with Crippen LogP contribution in [0, 0.1) is 10.5 Å². The zero-order chi connectivity index (χ0) is 19.5. The van der Waals surface area contributed by atoms with Gasteiger partial charge in [-0.25, -0.2) is 0 Å². The fraction of sp³-hybridized carbons (Fsp3) is 0.316. The third-order valence-electron chi connectivity index (χ3n) is 3.71. The van der Waals surface area contributed by atoms with Crippen molar-refractivity contribution in [1.29, 1.82) is 0 Å². The molecule has 2 aromatic rings. The predicted octanol–water partition coefficient (Wildman–Crippen LogP) is 5.76. The zero-order valence-corrected chi connectivity index (χ0v) is 16.7. The topological polar surface area (TPSA) is 38.3 Å². The first-order chi connectivity index (χ1) is 12.1. The number of amides is 1. The van der Waals surface area contributed by atoms with E-state index < -0.39 is 17.6 Å². The molecule has 0 aromatic heterocycles. The van der Waals surface area contributed by atoms with Crippen LogP contribution in [0.15, 0.2) is 36.4 Å². The molecule has 0 radical (unpaired) electrons. The second kappa shape index (κ2) is 8.28. The number of ether oxygens (including phenoxy) is 1. The molecule has 2 rings (SSSR count). The summed E-state index contributed by atoms with van der Waals surface area (Å²) < 4.78 is 45.4. The van der Waals surface area contributed by atoms with Crippen molar-refractivity contribution >= 4 is 34.2 Å². The third kappa shape index (κ3) is 5.36. The lowest BCUT2D eigenvalue weighted by Crippen LogP contribution is -2.22. The van der Waals surface area contributed by atoms with Crippen molar-refractivity contribution in [3.63, 3.8) is 0 Å². The minimum absolute atomic E-state index is 0.196. The lowest BCUT2D eigenvalue weighted by atomic mass is 10.0. The molecular weight excluding hydrogens is 458 g/mol. The molecular formula is C19H19F3INO2. The van der Waals surface area contributed by atoms with Crippen LogP contribution in [-0.4, -0.2) is 12.5 Å².